The molecule has 0 saturated carbocycles. The SMILES string of the molecule is CCCC(=O)C(CC/C=C/C(=O)Sc1ccccc1)C(=O)OC. The fourth-order valence-corrected chi connectivity index (χ4v) is 2.74. The summed E-state index contributed by atoms with van der Waals surface area (Å²) in [6.45, 7) is 1.89. The van der Waals surface area contributed by atoms with E-state index in [1.165, 1.54) is 13.2 Å². The predicted molar refractivity (Wildman–Crippen MR) is 91.1 cm³/mol. The maximum atomic E-state index is 11.9. The van der Waals surface area contributed by atoms with Crippen LogP contribution in [0.1, 0.15) is 32.6 Å². The summed E-state index contributed by atoms with van der Waals surface area (Å²) in [7, 11) is 1.28. The number of allylic oxidation sites excluding steroid dienone is 1. The number of benzene rings is 1. The van der Waals surface area contributed by atoms with Gasteiger partial charge in [0.05, 0.1) is 7.11 Å². The van der Waals surface area contributed by atoms with Crippen molar-refractivity contribution in [1.29, 1.82) is 0 Å². The fourth-order valence-electron chi connectivity index (χ4n) is 2.05. The zero-order valence-electron chi connectivity index (χ0n) is 13.5. The van der Waals surface area contributed by atoms with Crippen LogP contribution in [0.15, 0.2) is 47.4 Å². The number of Topliss-reactive ketones (excluding diaryl/α,β-unsaturated/α-hetero) is 1. The zero-order chi connectivity index (χ0) is 17.1. The summed E-state index contributed by atoms with van der Waals surface area (Å²) in [6.07, 6.45) is 5.10. The van der Waals surface area contributed by atoms with Crippen LogP contribution < -0.4 is 0 Å². The highest BCUT2D eigenvalue weighted by Crippen LogP contribution is 2.19. The van der Waals surface area contributed by atoms with Crippen LogP contribution in [-0.2, 0) is 19.1 Å². The van der Waals surface area contributed by atoms with Gasteiger partial charge >= 0.3 is 5.97 Å². The summed E-state index contributed by atoms with van der Waals surface area (Å²) in [5.74, 6) is -1.33. The Hall–Kier alpha value is -1.88. The summed E-state index contributed by atoms with van der Waals surface area (Å²) in [4.78, 5) is 36.3. The Balaban J connectivity index is 2.47. The Labute approximate surface area is 141 Å². The maximum absolute atomic E-state index is 11.9. The number of carbonyl (C=O) groups is 3. The third kappa shape index (κ3) is 7.28. The van der Waals surface area contributed by atoms with Gasteiger partial charge in [-0.15, -0.1) is 0 Å². The number of esters is 1. The summed E-state index contributed by atoms with van der Waals surface area (Å²) >= 11 is 1.14. The molecule has 1 aromatic rings. The lowest BCUT2D eigenvalue weighted by Crippen LogP contribution is -2.25. The average molecular weight is 334 g/mol. The zero-order valence-corrected chi connectivity index (χ0v) is 14.3. The maximum Gasteiger partial charge on any atom is 0.316 e. The number of rotatable bonds is 9. The lowest BCUT2D eigenvalue weighted by Gasteiger charge is -2.11. The fraction of sp³-hybridized carbons (Fsp3) is 0.389. The lowest BCUT2D eigenvalue weighted by atomic mass is 9.95. The molecule has 0 N–H and O–H groups in total. The van der Waals surface area contributed by atoms with Crippen molar-refractivity contribution in [1.82, 2.24) is 0 Å². The molecule has 0 amide bonds. The normalized spacial score (nSPS) is 12.1. The summed E-state index contributed by atoms with van der Waals surface area (Å²) in [5, 5.41) is -0.0781. The Morgan fingerprint density at radius 3 is 2.52 bits per heavy atom. The van der Waals surface area contributed by atoms with E-state index in [2.05, 4.69) is 4.74 Å². The van der Waals surface area contributed by atoms with Crippen LogP contribution in [-0.4, -0.2) is 24.0 Å². The third-order valence-electron chi connectivity index (χ3n) is 3.21. The molecule has 0 aliphatic carbocycles. The van der Waals surface area contributed by atoms with Crippen molar-refractivity contribution in [3.63, 3.8) is 0 Å². The number of methoxy groups -OCH3 is 1. The molecule has 4 nitrogen and oxygen atoms in total. The molecular formula is C18H22O4S. The number of thioether (sulfide) groups is 1. The molecule has 124 valence electrons. The van der Waals surface area contributed by atoms with Crippen LogP contribution in [0.4, 0.5) is 0 Å². The van der Waals surface area contributed by atoms with E-state index in [1.807, 2.05) is 37.3 Å². The van der Waals surface area contributed by atoms with Gasteiger partial charge in [0.2, 0.25) is 5.12 Å². The molecule has 0 saturated heterocycles. The van der Waals surface area contributed by atoms with Crippen molar-refractivity contribution in [2.75, 3.05) is 7.11 Å². The van der Waals surface area contributed by atoms with Gasteiger partial charge in [0.15, 0.2) is 0 Å². The first-order chi connectivity index (χ1) is 11.1. The molecule has 0 heterocycles. The quantitative estimate of drug-likeness (QED) is 0.297. The minimum absolute atomic E-state index is 0.0781. The smallest absolute Gasteiger partial charge is 0.316 e. The molecule has 0 bridgehead atoms. The van der Waals surface area contributed by atoms with E-state index < -0.39 is 11.9 Å². The number of hydrogen-bond acceptors (Lipinski definition) is 5. The highest BCUT2D eigenvalue weighted by Gasteiger charge is 2.25. The van der Waals surface area contributed by atoms with Gasteiger partial charge in [-0.2, -0.15) is 0 Å². The molecular weight excluding hydrogens is 312 g/mol. The Morgan fingerprint density at radius 1 is 1.22 bits per heavy atom. The highest BCUT2D eigenvalue weighted by molar-refractivity contribution is 8.14. The van der Waals surface area contributed by atoms with Crippen molar-refractivity contribution in [2.24, 2.45) is 5.92 Å². The Kier molecular flexibility index (Phi) is 8.98. The second-order valence-electron chi connectivity index (χ2n) is 5.01. The molecule has 1 aromatic carbocycles. The van der Waals surface area contributed by atoms with Crippen molar-refractivity contribution >= 4 is 28.6 Å². The van der Waals surface area contributed by atoms with E-state index >= 15 is 0 Å². The van der Waals surface area contributed by atoms with Crippen molar-refractivity contribution < 1.29 is 19.1 Å². The number of ether oxygens (including phenoxy) is 1. The van der Waals surface area contributed by atoms with E-state index in [9.17, 15) is 14.4 Å². The minimum Gasteiger partial charge on any atom is -0.468 e. The molecule has 0 fully saturated rings. The number of ketones is 1. The molecule has 0 radical (unpaired) electrons. The van der Waals surface area contributed by atoms with Crippen LogP contribution in [0.2, 0.25) is 0 Å². The van der Waals surface area contributed by atoms with Gasteiger partial charge < -0.3 is 4.74 Å². The predicted octanol–water partition coefficient (Wildman–Crippen LogP) is 3.80. The summed E-state index contributed by atoms with van der Waals surface area (Å²) < 4.78 is 4.68. The minimum atomic E-state index is -0.735. The van der Waals surface area contributed by atoms with Gasteiger partial charge in [0, 0.05) is 11.3 Å². The number of carbonyl (C=O) groups excluding carboxylic acids is 3. The molecule has 1 atom stereocenters. The van der Waals surface area contributed by atoms with Crippen molar-refractivity contribution in [3.05, 3.63) is 42.5 Å². The van der Waals surface area contributed by atoms with Gasteiger partial charge in [-0.25, -0.2) is 0 Å². The lowest BCUT2D eigenvalue weighted by molar-refractivity contribution is -0.149. The van der Waals surface area contributed by atoms with E-state index in [1.54, 1.807) is 6.08 Å². The summed E-state index contributed by atoms with van der Waals surface area (Å²) in [5.41, 5.74) is 0. The largest absolute Gasteiger partial charge is 0.468 e. The van der Waals surface area contributed by atoms with Crippen LogP contribution in [0.5, 0.6) is 0 Å². The van der Waals surface area contributed by atoms with E-state index in [4.69, 9.17) is 0 Å². The van der Waals surface area contributed by atoms with Gasteiger partial charge in [0.1, 0.15) is 11.7 Å². The van der Waals surface area contributed by atoms with Gasteiger partial charge in [-0.3, -0.25) is 14.4 Å². The van der Waals surface area contributed by atoms with Crippen LogP contribution >= 0.6 is 11.8 Å². The first-order valence-corrected chi connectivity index (χ1v) is 8.44. The second-order valence-corrected chi connectivity index (χ2v) is 6.08. The van der Waals surface area contributed by atoms with Crippen LogP contribution in [0.3, 0.4) is 0 Å². The molecule has 0 aromatic heterocycles. The van der Waals surface area contributed by atoms with Crippen LogP contribution in [0, 0.1) is 5.92 Å². The van der Waals surface area contributed by atoms with E-state index in [0.717, 1.165) is 16.7 Å². The Bertz CT molecular complexity index is 551. The molecule has 0 aliphatic heterocycles. The van der Waals surface area contributed by atoms with Crippen molar-refractivity contribution in [3.8, 4) is 0 Å². The molecule has 23 heavy (non-hydrogen) atoms. The van der Waals surface area contributed by atoms with Gasteiger partial charge in [-0.05, 0) is 49.2 Å². The summed E-state index contributed by atoms with van der Waals surface area (Å²) in [6, 6.07) is 9.38. The van der Waals surface area contributed by atoms with E-state index in [0.29, 0.717) is 25.7 Å². The monoisotopic (exact) mass is 334 g/mol. The molecule has 0 aliphatic rings. The number of hydrogen-bond donors (Lipinski definition) is 0. The standard InChI is InChI=1S/C18H22O4S/c1-3-9-16(19)15(18(21)22-2)12-7-8-13-17(20)23-14-10-5-4-6-11-14/h4-6,8,10-11,13,15H,3,7,9,12H2,1-2H3/b13-8+. The average Bonchev–Trinajstić information content (AvgIpc) is 2.55. The second kappa shape index (κ2) is 10.8. The first-order valence-electron chi connectivity index (χ1n) is 7.62. The highest BCUT2D eigenvalue weighted by atomic mass is 32.2. The van der Waals surface area contributed by atoms with E-state index in [-0.39, 0.29) is 10.9 Å². The van der Waals surface area contributed by atoms with Crippen molar-refractivity contribution in [2.45, 2.75) is 37.5 Å². The van der Waals surface area contributed by atoms with Gasteiger partial charge in [-0.1, -0.05) is 31.2 Å². The van der Waals surface area contributed by atoms with Gasteiger partial charge in [0.25, 0.3) is 0 Å². The first kappa shape index (κ1) is 19.2. The topological polar surface area (TPSA) is 60.4 Å². The molecule has 0 spiro atoms. The van der Waals surface area contributed by atoms with Crippen LogP contribution in [0.25, 0.3) is 0 Å². The molecule has 1 rings (SSSR count). The Morgan fingerprint density at radius 2 is 1.91 bits per heavy atom. The third-order valence-corrected chi connectivity index (χ3v) is 4.05. The molecule has 5 heteroatoms. The molecule has 1 unspecified atom stereocenters.